The topological polar surface area (TPSA) is 21.3 Å². The van der Waals surface area contributed by atoms with Gasteiger partial charge in [0, 0.05) is 19.3 Å². The van der Waals surface area contributed by atoms with Crippen LogP contribution in [-0.2, 0) is 17.6 Å². The van der Waals surface area contributed by atoms with Crippen molar-refractivity contribution >= 4 is 0 Å². The van der Waals surface area contributed by atoms with Gasteiger partial charge in [0.1, 0.15) is 0 Å². The minimum atomic E-state index is 0.750. The number of ether oxygens (including phenoxy) is 1. The van der Waals surface area contributed by atoms with E-state index < -0.39 is 0 Å². The van der Waals surface area contributed by atoms with E-state index in [1.807, 2.05) is 0 Å². The van der Waals surface area contributed by atoms with E-state index in [0.29, 0.717) is 0 Å². The zero-order valence-electron chi connectivity index (χ0n) is 12.9. The van der Waals surface area contributed by atoms with Crippen molar-refractivity contribution < 1.29 is 4.74 Å². The molecule has 2 atom stereocenters. The fourth-order valence-electron chi connectivity index (χ4n) is 4.74. The molecule has 1 aliphatic heterocycles. The molecular weight excluding hydrogens is 258 g/mol. The molecule has 2 bridgehead atoms. The lowest BCUT2D eigenvalue weighted by molar-refractivity contribution is 0.0644. The van der Waals surface area contributed by atoms with E-state index in [1.54, 1.807) is 11.1 Å². The van der Waals surface area contributed by atoms with Gasteiger partial charge >= 0.3 is 0 Å². The van der Waals surface area contributed by atoms with Crippen molar-refractivity contribution in [2.75, 3.05) is 19.8 Å². The first kappa shape index (κ1) is 13.8. The number of fused-ring (bicyclic) bond motifs is 3. The van der Waals surface area contributed by atoms with Gasteiger partial charge in [-0.1, -0.05) is 24.3 Å². The molecule has 2 nitrogen and oxygen atoms in total. The molecule has 2 heteroatoms. The van der Waals surface area contributed by atoms with Gasteiger partial charge in [0.2, 0.25) is 0 Å². The maximum atomic E-state index is 5.48. The Kier molecular flexibility index (Phi) is 4.00. The molecule has 4 rings (SSSR count). The van der Waals surface area contributed by atoms with Crippen LogP contribution in [-0.4, -0.2) is 25.8 Å². The van der Waals surface area contributed by atoms with E-state index in [0.717, 1.165) is 37.0 Å². The fraction of sp³-hybridized carbons (Fsp3) is 0.684. The summed E-state index contributed by atoms with van der Waals surface area (Å²) in [6, 6.07) is 9.88. The SMILES string of the molecule is c1ccc2c(c1)CC1CCC(C2)C1NCC1CCOCC1. The Labute approximate surface area is 128 Å². The lowest BCUT2D eigenvalue weighted by Crippen LogP contribution is -2.41. The maximum Gasteiger partial charge on any atom is 0.0469 e. The molecule has 21 heavy (non-hydrogen) atoms. The van der Waals surface area contributed by atoms with Gasteiger partial charge in [-0.15, -0.1) is 0 Å². The van der Waals surface area contributed by atoms with Crippen LogP contribution < -0.4 is 5.32 Å². The van der Waals surface area contributed by atoms with Gasteiger partial charge in [-0.3, -0.25) is 0 Å². The minimum absolute atomic E-state index is 0.750. The average Bonchev–Trinajstić information content (AvgIpc) is 2.80. The van der Waals surface area contributed by atoms with Crippen LogP contribution in [0.1, 0.15) is 36.8 Å². The van der Waals surface area contributed by atoms with E-state index in [4.69, 9.17) is 4.74 Å². The van der Waals surface area contributed by atoms with Crippen molar-refractivity contribution in [3.63, 3.8) is 0 Å². The lowest BCUT2D eigenvalue weighted by Gasteiger charge is -2.28. The Balaban J connectivity index is 1.42. The molecule has 0 aromatic heterocycles. The summed E-state index contributed by atoms with van der Waals surface area (Å²) >= 11 is 0. The molecule has 0 amide bonds. The molecule has 1 saturated carbocycles. The van der Waals surface area contributed by atoms with Crippen LogP contribution in [0.5, 0.6) is 0 Å². The molecule has 0 radical (unpaired) electrons. The van der Waals surface area contributed by atoms with Crippen molar-refractivity contribution in [1.29, 1.82) is 0 Å². The molecule has 2 aliphatic carbocycles. The third-order valence-electron chi connectivity index (χ3n) is 5.99. The first-order valence-electron chi connectivity index (χ1n) is 8.78. The Hall–Kier alpha value is -0.860. The standard InChI is InChI=1S/C19H27NO/c1-2-4-16-12-18-6-5-17(11-15(16)3-1)19(18)20-13-14-7-9-21-10-8-14/h1-4,14,17-20H,5-13H2. The highest BCUT2D eigenvalue weighted by molar-refractivity contribution is 5.30. The highest BCUT2D eigenvalue weighted by Gasteiger charge is 2.38. The highest BCUT2D eigenvalue weighted by Crippen LogP contribution is 2.40. The summed E-state index contributed by atoms with van der Waals surface area (Å²) in [7, 11) is 0. The van der Waals surface area contributed by atoms with Crippen molar-refractivity contribution in [3.8, 4) is 0 Å². The summed E-state index contributed by atoms with van der Waals surface area (Å²) < 4.78 is 5.48. The molecule has 0 spiro atoms. The van der Waals surface area contributed by atoms with Crippen LogP contribution in [0.15, 0.2) is 24.3 Å². The first-order valence-corrected chi connectivity index (χ1v) is 8.78. The largest absolute Gasteiger partial charge is 0.381 e. The fourth-order valence-corrected chi connectivity index (χ4v) is 4.74. The number of nitrogens with one attached hydrogen (secondary N) is 1. The van der Waals surface area contributed by atoms with Crippen LogP contribution in [0, 0.1) is 17.8 Å². The van der Waals surface area contributed by atoms with Crippen LogP contribution in [0.3, 0.4) is 0 Å². The van der Waals surface area contributed by atoms with Gasteiger partial charge in [-0.25, -0.2) is 0 Å². The summed E-state index contributed by atoms with van der Waals surface area (Å²) in [5, 5.41) is 3.97. The van der Waals surface area contributed by atoms with Crippen molar-refractivity contribution in [1.82, 2.24) is 5.32 Å². The van der Waals surface area contributed by atoms with E-state index in [-0.39, 0.29) is 0 Å². The summed E-state index contributed by atoms with van der Waals surface area (Å²) in [5.74, 6) is 2.56. The molecule has 1 N–H and O–H groups in total. The predicted molar refractivity (Wildman–Crippen MR) is 85.4 cm³/mol. The summed E-state index contributed by atoms with van der Waals surface area (Å²) in [4.78, 5) is 0. The Morgan fingerprint density at radius 2 is 1.52 bits per heavy atom. The van der Waals surface area contributed by atoms with E-state index >= 15 is 0 Å². The maximum absolute atomic E-state index is 5.48. The minimum Gasteiger partial charge on any atom is -0.381 e. The predicted octanol–water partition coefficient (Wildman–Crippen LogP) is 3.20. The molecule has 1 aromatic rings. The number of hydrogen-bond donors (Lipinski definition) is 1. The second-order valence-electron chi connectivity index (χ2n) is 7.26. The van der Waals surface area contributed by atoms with Gasteiger partial charge in [0.15, 0.2) is 0 Å². The van der Waals surface area contributed by atoms with Crippen LogP contribution in [0.25, 0.3) is 0 Å². The molecule has 1 saturated heterocycles. The molecule has 3 aliphatic rings. The zero-order valence-corrected chi connectivity index (χ0v) is 12.9. The monoisotopic (exact) mass is 285 g/mol. The normalized spacial score (nSPS) is 32.7. The smallest absolute Gasteiger partial charge is 0.0469 e. The molecular formula is C19H27NO. The van der Waals surface area contributed by atoms with E-state index in [1.165, 1.54) is 45.1 Å². The second-order valence-corrected chi connectivity index (χ2v) is 7.26. The van der Waals surface area contributed by atoms with Gasteiger partial charge in [0.05, 0.1) is 0 Å². The molecule has 114 valence electrons. The van der Waals surface area contributed by atoms with Gasteiger partial charge < -0.3 is 10.1 Å². The van der Waals surface area contributed by atoms with Crippen molar-refractivity contribution in [3.05, 3.63) is 35.4 Å². The summed E-state index contributed by atoms with van der Waals surface area (Å²) in [6.45, 7) is 3.14. The average molecular weight is 285 g/mol. The lowest BCUT2D eigenvalue weighted by atomic mass is 9.93. The Morgan fingerprint density at radius 3 is 2.14 bits per heavy atom. The van der Waals surface area contributed by atoms with Crippen molar-refractivity contribution in [2.45, 2.75) is 44.6 Å². The van der Waals surface area contributed by atoms with Gasteiger partial charge in [-0.2, -0.15) is 0 Å². The molecule has 2 fully saturated rings. The van der Waals surface area contributed by atoms with E-state index in [2.05, 4.69) is 29.6 Å². The van der Waals surface area contributed by atoms with Crippen LogP contribution in [0.4, 0.5) is 0 Å². The third-order valence-corrected chi connectivity index (χ3v) is 5.99. The first-order chi connectivity index (χ1) is 10.4. The molecule has 2 unspecified atom stereocenters. The summed E-state index contributed by atoms with van der Waals surface area (Å²) in [6.07, 6.45) is 7.91. The number of hydrogen-bond acceptors (Lipinski definition) is 2. The zero-order chi connectivity index (χ0) is 14.1. The van der Waals surface area contributed by atoms with Crippen LogP contribution in [0.2, 0.25) is 0 Å². The number of rotatable bonds is 3. The quantitative estimate of drug-likeness (QED) is 0.921. The Morgan fingerprint density at radius 1 is 0.905 bits per heavy atom. The number of benzene rings is 1. The molecule has 1 heterocycles. The highest BCUT2D eigenvalue weighted by atomic mass is 16.5. The summed E-state index contributed by atoms with van der Waals surface area (Å²) in [5.41, 5.74) is 3.23. The second kappa shape index (κ2) is 6.10. The Bertz CT molecular complexity index is 447. The van der Waals surface area contributed by atoms with E-state index in [9.17, 15) is 0 Å². The molecule has 1 aromatic carbocycles. The van der Waals surface area contributed by atoms with Crippen molar-refractivity contribution in [2.24, 2.45) is 17.8 Å². The third kappa shape index (κ3) is 2.89. The van der Waals surface area contributed by atoms with Gasteiger partial charge in [-0.05, 0) is 74.0 Å². The van der Waals surface area contributed by atoms with Gasteiger partial charge in [0.25, 0.3) is 0 Å². The van der Waals surface area contributed by atoms with Crippen LogP contribution >= 0.6 is 0 Å².